The average molecular weight is 315 g/mol. The molecule has 22 heavy (non-hydrogen) atoms. The predicted octanol–water partition coefficient (Wildman–Crippen LogP) is 2.43. The van der Waals surface area contributed by atoms with E-state index in [9.17, 15) is 0 Å². The minimum atomic E-state index is 0.617. The van der Waals surface area contributed by atoms with Crippen LogP contribution in [0.3, 0.4) is 0 Å². The Kier molecular flexibility index (Phi) is 3.72. The van der Waals surface area contributed by atoms with Gasteiger partial charge in [0.2, 0.25) is 5.95 Å². The van der Waals surface area contributed by atoms with Gasteiger partial charge in [-0.05, 0) is 36.8 Å². The molecule has 0 amide bonds. The molecule has 2 aromatic heterocycles. The van der Waals surface area contributed by atoms with Gasteiger partial charge in [-0.1, -0.05) is 0 Å². The van der Waals surface area contributed by atoms with Crippen molar-refractivity contribution >= 4 is 23.1 Å². The standard InChI is InChI=1S/C16H21N5S/c1-17-16-19-13(12-4-6-22-10-12)7-15(20-16)21-8-11-3-2-5-18-14(11)9-21/h4,6-7,10-11,14,18H,2-3,5,8-9H2,1H3,(H,17,19,20)/t11-,14+/m0/s1. The van der Waals surface area contributed by atoms with Gasteiger partial charge in [-0.2, -0.15) is 16.3 Å². The lowest BCUT2D eigenvalue weighted by molar-refractivity contribution is 0.340. The first-order chi connectivity index (χ1) is 10.8. The lowest BCUT2D eigenvalue weighted by Gasteiger charge is -2.24. The molecule has 2 saturated heterocycles. The molecule has 0 radical (unpaired) electrons. The summed E-state index contributed by atoms with van der Waals surface area (Å²) in [7, 11) is 1.88. The molecule has 2 N–H and O–H groups in total. The van der Waals surface area contributed by atoms with E-state index in [4.69, 9.17) is 0 Å². The summed E-state index contributed by atoms with van der Waals surface area (Å²) in [6.07, 6.45) is 2.62. The summed E-state index contributed by atoms with van der Waals surface area (Å²) in [6.45, 7) is 3.30. The summed E-state index contributed by atoms with van der Waals surface area (Å²) >= 11 is 1.70. The van der Waals surface area contributed by atoms with Gasteiger partial charge in [0.25, 0.3) is 0 Å². The molecule has 0 aromatic carbocycles. The van der Waals surface area contributed by atoms with Crippen molar-refractivity contribution in [3.63, 3.8) is 0 Å². The second-order valence-electron chi connectivity index (χ2n) is 6.06. The zero-order valence-corrected chi connectivity index (χ0v) is 13.6. The Hall–Kier alpha value is -1.66. The van der Waals surface area contributed by atoms with E-state index in [2.05, 4.69) is 48.4 Å². The van der Waals surface area contributed by atoms with Crippen LogP contribution in [-0.4, -0.2) is 42.7 Å². The van der Waals surface area contributed by atoms with Gasteiger partial charge in [-0.3, -0.25) is 0 Å². The first-order valence-corrected chi connectivity index (χ1v) is 8.85. The normalized spacial score (nSPS) is 24.3. The van der Waals surface area contributed by atoms with E-state index in [1.807, 2.05) is 7.05 Å². The summed E-state index contributed by atoms with van der Waals surface area (Å²) in [4.78, 5) is 11.7. The number of anilines is 2. The first kappa shape index (κ1) is 14.0. The van der Waals surface area contributed by atoms with Crippen molar-refractivity contribution in [3.8, 4) is 11.3 Å². The summed E-state index contributed by atoms with van der Waals surface area (Å²) in [5.41, 5.74) is 2.17. The van der Waals surface area contributed by atoms with Gasteiger partial charge in [0.15, 0.2) is 0 Å². The van der Waals surface area contributed by atoms with Gasteiger partial charge in [-0.25, -0.2) is 4.98 Å². The monoisotopic (exact) mass is 315 g/mol. The Labute approximate surface area is 134 Å². The molecule has 0 saturated carbocycles. The van der Waals surface area contributed by atoms with Crippen LogP contribution in [0.25, 0.3) is 11.3 Å². The van der Waals surface area contributed by atoms with Gasteiger partial charge in [0, 0.05) is 43.2 Å². The average Bonchev–Trinajstić information content (AvgIpc) is 3.23. The van der Waals surface area contributed by atoms with E-state index in [0.717, 1.165) is 37.1 Å². The Morgan fingerprint density at radius 1 is 1.36 bits per heavy atom. The predicted molar refractivity (Wildman–Crippen MR) is 91.6 cm³/mol. The molecule has 0 aliphatic carbocycles. The zero-order valence-electron chi connectivity index (χ0n) is 12.7. The second kappa shape index (κ2) is 5.85. The van der Waals surface area contributed by atoms with Crippen molar-refractivity contribution < 1.29 is 0 Å². The molecular formula is C16H21N5S. The highest BCUT2D eigenvalue weighted by molar-refractivity contribution is 7.08. The minimum Gasteiger partial charge on any atom is -0.357 e. The molecule has 2 aliphatic heterocycles. The van der Waals surface area contributed by atoms with Crippen molar-refractivity contribution in [2.24, 2.45) is 5.92 Å². The van der Waals surface area contributed by atoms with Crippen molar-refractivity contribution in [1.29, 1.82) is 0 Å². The van der Waals surface area contributed by atoms with Gasteiger partial charge in [-0.15, -0.1) is 0 Å². The van der Waals surface area contributed by atoms with Crippen LogP contribution < -0.4 is 15.5 Å². The second-order valence-corrected chi connectivity index (χ2v) is 6.84. The van der Waals surface area contributed by atoms with E-state index in [1.54, 1.807) is 11.3 Å². The maximum absolute atomic E-state index is 4.68. The molecule has 0 unspecified atom stereocenters. The lowest BCUT2D eigenvalue weighted by Crippen LogP contribution is -2.40. The fourth-order valence-electron chi connectivity index (χ4n) is 3.50. The van der Waals surface area contributed by atoms with Crippen LogP contribution in [0.4, 0.5) is 11.8 Å². The summed E-state index contributed by atoms with van der Waals surface area (Å²) in [5.74, 6) is 2.49. The molecule has 2 aliphatic rings. The topological polar surface area (TPSA) is 53.1 Å². The molecule has 0 bridgehead atoms. The number of fused-ring (bicyclic) bond motifs is 1. The molecule has 2 fully saturated rings. The van der Waals surface area contributed by atoms with Crippen LogP contribution >= 0.6 is 11.3 Å². The molecule has 5 nitrogen and oxygen atoms in total. The maximum atomic E-state index is 4.68. The molecule has 6 heteroatoms. The Bertz CT molecular complexity index is 628. The fraction of sp³-hybridized carbons (Fsp3) is 0.500. The molecule has 2 atom stereocenters. The van der Waals surface area contributed by atoms with Gasteiger partial charge in [0.1, 0.15) is 5.82 Å². The number of nitrogens with one attached hydrogen (secondary N) is 2. The minimum absolute atomic E-state index is 0.617. The molecule has 0 spiro atoms. The van der Waals surface area contributed by atoms with Crippen molar-refractivity contribution in [1.82, 2.24) is 15.3 Å². The number of hydrogen-bond donors (Lipinski definition) is 2. The Morgan fingerprint density at radius 3 is 3.09 bits per heavy atom. The Balaban J connectivity index is 1.65. The Morgan fingerprint density at radius 2 is 2.32 bits per heavy atom. The molecule has 2 aromatic rings. The van der Waals surface area contributed by atoms with E-state index in [1.165, 1.54) is 18.4 Å². The number of nitrogens with zero attached hydrogens (tertiary/aromatic N) is 3. The first-order valence-electron chi connectivity index (χ1n) is 7.91. The number of thiophene rings is 1. The van der Waals surface area contributed by atoms with E-state index < -0.39 is 0 Å². The van der Waals surface area contributed by atoms with Crippen LogP contribution in [0.1, 0.15) is 12.8 Å². The van der Waals surface area contributed by atoms with Crippen molar-refractivity contribution in [3.05, 3.63) is 22.9 Å². The number of rotatable bonds is 3. The highest BCUT2D eigenvalue weighted by Crippen LogP contribution is 2.31. The SMILES string of the molecule is CNc1nc(-c2ccsc2)cc(N2C[C@@H]3CCCN[C@@H]3C2)n1. The third-order valence-corrected chi connectivity index (χ3v) is 5.36. The highest BCUT2D eigenvalue weighted by atomic mass is 32.1. The van der Waals surface area contributed by atoms with Gasteiger partial charge < -0.3 is 15.5 Å². The van der Waals surface area contributed by atoms with E-state index in [-0.39, 0.29) is 0 Å². The largest absolute Gasteiger partial charge is 0.357 e. The van der Waals surface area contributed by atoms with E-state index >= 15 is 0 Å². The van der Waals surface area contributed by atoms with Crippen LogP contribution in [0.2, 0.25) is 0 Å². The zero-order chi connectivity index (χ0) is 14.9. The van der Waals surface area contributed by atoms with Crippen LogP contribution in [0, 0.1) is 5.92 Å². The van der Waals surface area contributed by atoms with Crippen LogP contribution in [0.15, 0.2) is 22.9 Å². The quantitative estimate of drug-likeness (QED) is 0.911. The maximum Gasteiger partial charge on any atom is 0.224 e. The summed E-state index contributed by atoms with van der Waals surface area (Å²) < 4.78 is 0. The van der Waals surface area contributed by atoms with Crippen LogP contribution in [-0.2, 0) is 0 Å². The molecule has 4 rings (SSSR count). The number of aromatic nitrogens is 2. The smallest absolute Gasteiger partial charge is 0.224 e. The van der Waals surface area contributed by atoms with Crippen molar-refractivity contribution in [2.45, 2.75) is 18.9 Å². The van der Waals surface area contributed by atoms with Crippen LogP contribution in [0.5, 0.6) is 0 Å². The lowest BCUT2D eigenvalue weighted by atomic mass is 9.94. The summed E-state index contributed by atoms with van der Waals surface area (Å²) in [6, 6.07) is 4.85. The molecule has 4 heterocycles. The molecule has 116 valence electrons. The molecular weight excluding hydrogens is 294 g/mol. The highest BCUT2D eigenvalue weighted by Gasteiger charge is 2.35. The van der Waals surface area contributed by atoms with Crippen molar-refractivity contribution in [2.75, 3.05) is 36.9 Å². The summed E-state index contributed by atoms with van der Waals surface area (Å²) in [5, 5.41) is 11.0. The number of hydrogen-bond acceptors (Lipinski definition) is 6. The number of piperidine rings is 1. The van der Waals surface area contributed by atoms with Gasteiger partial charge >= 0.3 is 0 Å². The van der Waals surface area contributed by atoms with E-state index in [0.29, 0.717) is 12.0 Å². The third-order valence-electron chi connectivity index (χ3n) is 4.68. The van der Waals surface area contributed by atoms with Gasteiger partial charge in [0.05, 0.1) is 5.69 Å². The third kappa shape index (κ3) is 2.57. The fourth-order valence-corrected chi connectivity index (χ4v) is 4.15.